The molecule has 1 fully saturated rings. The number of amides is 1. The van der Waals surface area contributed by atoms with E-state index in [-0.39, 0.29) is 16.5 Å². The summed E-state index contributed by atoms with van der Waals surface area (Å²) >= 11 is 6.11. The van der Waals surface area contributed by atoms with Crippen LogP contribution in [-0.2, 0) is 10.0 Å². The van der Waals surface area contributed by atoms with E-state index in [9.17, 15) is 13.2 Å². The topological polar surface area (TPSA) is 97.2 Å². The number of rotatable bonds is 5. The summed E-state index contributed by atoms with van der Waals surface area (Å²) in [5.41, 5.74) is 1.25. The molecule has 0 radical (unpaired) electrons. The van der Waals surface area contributed by atoms with Crippen LogP contribution in [0.4, 0.5) is 5.69 Å². The zero-order chi connectivity index (χ0) is 22.0. The Hall–Kier alpha value is -2.75. The van der Waals surface area contributed by atoms with Gasteiger partial charge in [-0.15, -0.1) is 0 Å². The molecule has 3 aromatic rings. The number of piperidine rings is 1. The van der Waals surface area contributed by atoms with Crippen LogP contribution < -0.4 is 5.32 Å². The first kappa shape index (κ1) is 21.5. The van der Waals surface area contributed by atoms with Gasteiger partial charge < -0.3 is 5.32 Å². The number of sulfonamides is 1. The maximum absolute atomic E-state index is 13.1. The van der Waals surface area contributed by atoms with Gasteiger partial charge in [-0.05, 0) is 56.2 Å². The van der Waals surface area contributed by atoms with Crippen molar-refractivity contribution in [3.8, 4) is 5.69 Å². The number of carbonyl (C=O) groups excluding carboxylic acids is 1. The van der Waals surface area contributed by atoms with E-state index in [2.05, 4.69) is 15.4 Å². The normalized spacial score (nSPS) is 17.4. The monoisotopic (exact) mass is 459 g/mol. The molecule has 0 spiro atoms. The fourth-order valence-electron chi connectivity index (χ4n) is 3.70. The summed E-state index contributed by atoms with van der Waals surface area (Å²) < 4.78 is 29.3. The molecular weight excluding hydrogens is 438 g/mol. The number of aromatic nitrogens is 3. The van der Waals surface area contributed by atoms with Crippen LogP contribution >= 0.6 is 11.6 Å². The third kappa shape index (κ3) is 4.48. The van der Waals surface area contributed by atoms with Crippen LogP contribution in [0.5, 0.6) is 0 Å². The fourth-order valence-corrected chi connectivity index (χ4v) is 5.62. The molecule has 162 valence electrons. The van der Waals surface area contributed by atoms with Gasteiger partial charge in [-0.2, -0.15) is 9.40 Å². The van der Waals surface area contributed by atoms with Gasteiger partial charge in [0.2, 0.25) is 10.0 Å². The number of nitrogens with zero attached hydrogens (tertiary/aromatic N) is 4. The lowest BCUT2D eigenvalue weighted by Gasteiger charge is -2.32. The number of nitrogens with one attached hydrogen (secondary N) is 1. The highest BCUT2D eigenvalue weighted by Crippen LogP contribution is 2.27. The molecule has 2 heterocycles. The lowest BCUT2D eigenvalue weighted by Crippen LogP contribution is -2.41. The summed E-state index contributed by atoms with van der Waals surface area (Å²) in [7, 11) is -3.68. The lowest BCUT2D eigenvalue weighted by molar-refractivity contribution is 0.102. The zero-order valence-electron chi connectivity index (χ0n) is 16.9. The highest BCUT2D eigenvalue weighted by molar-refractivity contribution is 7.89. The molecule has 4 rings (SSSR count). The molecule has 31 heavy (non-hydrogen) atoms. The van der Waals surface area contributed by atoms with Gasteiger partial charge >= 0.3 is 0 Å². The van der Waals surface area contributed by atoms with Crippen molar-refractivity contribution in [3.63, 3.8) is 0 Å². The van der Waals surface area contributed by atoms with Gasteiger partial charge in [-0.3, -0.25) is 4.79 Å². The van der Waals surface area contributed by atoms with E-state index in [1.54, 1.807) is 30.3 Å². The van der Waals surface area contributed by atoms with Crippen molar-refractivity contribution in [2.75, 3.05) is 11.9 Å². The van der Waals surface area contributed by atoms with E-state index in [0.29, 0.717) is 22.9 Å². The SMILES string of the molecule is CC1CCCCN1S(=O)(=O)c1cccc(C(=O)Nc2cc(Cl)ccc2-n2cncn2)c1. The Morgan fingerprint density at radius 1 is 1.19 bits per heavy atom. The zero-order valence-corrected chi connectivity index (χ0v) is 18.5. The summed E-state index contributed by atoms with van der Waals surface area (Å²) in [6.45, 7) is 2.40. The van der Waals surface area contributed by atoms with E-state index in [1.807, 2.05) is 6.92 Å². The molecule has 10 heteroatoms. The minimum atomic E-state index is -3.68. The molecule has 1 saturated heterocycles. The van der Waals surface area contributed by atoms with E-state index in [0.717, 1.165) is 19.3 Å². The maximum atomic E-state index is 13.1. The number of halogens is 1. The molecule has 0 aliphatic carbocycles. The molecule has 1 amide bonds. The van der Waals surface area contributed by atoms with Crippen LogP contribution in [0.3, 0.4) is 0 Å². The van der Waals surface area contributed by atoms with Crippen molar-refractivity contribution in [2.24, 2.45) is 0 Å². The highest BCUT2D eigenvalue weighted by atomic mass is 35.5. The summed E-state index contributed by atoms with van der Waals surface area (Å²) in [5, 5.41) is 7.33. The standard InChI is InChI=1S/C21H22ClN5O3S/c1-15-5-2-3-10-27(15)31(29,30)18-7-4-6-16(11-18)21(28)25-19-12-17(22)8-9-20(19)26-14-23-13-24-26/h4,6-9,11-15H,2-3,5,10H2,1H3,(H,25,28). The molecular formula is C21H22ClN5O3S. The third-order valence-electron chi connectivity index (χ3n) is 5.32. The number of benzene rings is 2. The Labute approximate surface area is 185 Å². The summed E-state index contributed by atoms with van der Waals surface area (Å²) in [6, 6.07) is 11.0. The molecule has 1 aliphatic heterocycles. The van der Waals surface area contributed by atoms with Crippen molar-refractivity contribution in [1.82, 2.24) is 19.1 Å². The second-order valence-corrected chi connectivity index (χ2v) is 9.77. The van der Waals surface area contributed by atoms with Crippen molar-refractivity contribution in [2.45, 2.75) is 37.1 Å². The first-order valence-electron chi connectivity index (χ1n) is 9.94. The van der Waals surface area contributed by atoms with Crippen molar-refractivity contribution < 1.29 is 13.2 Å². The van der Waals surface area contributed by atoms with Crippen molar-refractivity contribution in [3.05, 3.63) is 65.7 Å². The lowest BCUT2D eigenvalue weighted by atomic mass is 10.1. The second kappa shape index (κ2) is 8.78. The summed E-state index contributed by atoms with van der Waals surface area (Å²) in [5.74, 6) is -0.452. The molecule has 1 unspecified atom stereocenters. The molecule has 1 aliphatic rings. The molecule has 8 nitrogen and oxygen atoms in total. The van der Waals surface area contributed by atoms with Gasteiger partial charge in [0, 0.05) is 23.2 Å². The Kier molecular flexibility index (Phi) is 6.08. The second-order valence-electron chi connectivity index (χ2n) is 7.44. The average Bonchev–Trinajstić information content (AvgIpc) is 3.29. The predicted octanol–water partition coefficient (Wildman–Crippen LogP) is 3.74. The van der Waals surface area contributed by atoms with Gasteiger partial charge in [-0.1, -0.05) is 24.1 Å². The Bertz CT molecular complexity index is 1200. The van der Waals surface area contributed by atoms with Crippen molar-refractivity contribution in [1.29, 1.82) is 0 Å². The minimum Gasteiger partial charge on any atom is -0.320 e. The highest BCUT2D eigenvalue weighted by Gasteiger charge is 2.31. The van der Waals surface area contributed by atoms with Crippen molar-refractivity contribution >= 4 is 33.2 Å². The average molecular weight is 460 g/mol. The van der Waals surface area contributed by atoms with Crippen LogP contribution in [0.15, 0.2) is 60.0 Å². The number of carbonyl (C=O) groups is 1. The third-order valence-corrected chi connectivity index (χ3v) is 7.56. The Balaban J connectivity index is 1.62. The van der Waals surface area contributed by atoms with Crippen LogP contribution in [0.1, 0.15) is 36.5 Å². The number of hydrogen-bond donors (Lipinski definition) is 1. The first-order valence-corrected chi connectivity index (χ1v) is 11.8. The van der Waals surface area contributed by atoms with E-state index in [1.165, 1.54) is 33.8 Å². The van der Waals surface area contributed by atoms with Crippen LogP contribution in [0, 0.1) is 0 Å². The molecule has 1 N–H and O–H groups in total. The molecule has 0 bridgehead atoms. The van der Waals surface area contributed by atoms with Gasteiger partial charge in [0.05, 0.1) is 16.3 Å². The quantitative estimate of drug-likeness (QED) is 0.626. The minimum absolute atomic E-state index is 0.0621. The van der Waals surface area contributed by atoms with E-state index >= 15 is 0 Å². The van der Waals surface area contributed by atoms with Crippen LogP contribution in [0.25, 0.3) is 5.69 Å². The number of hydrogen-bond acceptors (Lipinski definition) is 5. The van der Waals surface area contributed by atoms with Crippen LogP contribution in [0.2, 0.25) is 5.02 Å². The van der Waals surface area contributed by atoms with Crippen LogP contribution in [-0.4, -0.2) is 46.0 Å². The Morgan fingerprint density at radius 2 is 2.03 bits per heavy atom. The maximum Gasteiger partial charge on any atom is 0.255 e. The van der Waals surface area contributed by atoms with Gasteiger partial charge in [0.15, 0.2) is 0 Å². The smallest absolute Gasteiger partial charge is 0.255 e. The molecule has 1 aromatic heterocycles. The van der Waals surface area contributed by atoms with E-state index in [4.69, 9.17) is 11.6 Å². The molecule has 0 saturated carbocycles. The first-order chi connectivity index (χ1) is 14.9. The molecule has 2 aromatic carbocycles. The summed E-state index contributed by atoms with van der Waals surface area (Å²) in [4.78, 5) is 17.0. The predicted molar refractivity (Wildman–Crippen MR) is 118 cm³/mol. The largest absolute Gasteiger partial charge is 0.320 e. The van der Waals surface area contributed by atoms with Gasteiger partial charge in [0.1, 0.15) is 12.7 Å². The van der Waals surface area contributed by atoms with E-state index < -0.39 is 15.9 Å². The Morgan fingerprint density at radius 3 is 2.77 bits per heavy atom. The fraction of sp³-hybridized carbons (Fsp3) is 0.286. The molecule has 1 atom stereocenters. The number of anilines is 1. The van der Waals surface area contributed by atoms with Gasteiger partial charge in [0.25, 0.3) is 5.91 Å². The van der Waals surface area contributed by atoms with Gasteiger partial charge in [-0.25, -0.2) is 18.1 Å². The summed E-state index contributed by atoms with van der Waals surface area (Å²) in [6.07, 6.45) is 5.58.